The minimum Gasteiger partial charge on any atom is -0.352 e. The lowest BCUT2D eigenvalue weighted by Crippen LogP contribution is -2.43. The molecule has 1 N–H and O–H groups in total. The molecule has 0 bridgehead atoms. The van der Waals surface area contributed by atoms with Crippen LogP contribution in [-0.2, 0) is 21.2 Å². The molecule has 1 amide bonds. The molecule has 0 spiro atoms. The summed E-state index contributed by atoms with van der Waals surface area (Å²) < 4.78 is 25.3. The van der Waals surface area contributed by atoms with Gasteiger partial charge in [-0.1, -0.05) is 18.2 Å². The summed E-state index contributed by atoms with van der Waals surface area (Å²) in [4.78, 5) is 16.4. The molecule has 1 atom stereocenters. The molecule has 0 aliphatic rings. The number of anilines is 1. The van der Waals surface area contributed by atoms with Gasteiger partial charge in [-0.2, -0.15) is 0 Å². The fourth-order valence-corrected chi connectivity index (χ4v) is 3.41. The molecule has 1 aromatic heterocycles. The highest BCUT2D eigenvalue weighted by Gasteiger charge is 2.21. The van der Waals surface area contributed by atoms with Crippen LogP contribution in [0.1, 0.15) is 18.1 Å². The van der Waals surface area contributed by atoms with Crippen molar-refractivity contribution < 1.29 is 13.2 Å². The summed E-state index contributed by atoms with van der Waals surface area (Å²) in [5, 5.41) is 2.84. The number of aryl methyl sites for hydroxylation is 1. The lowest BCUT2D eigenvalue weighted by molar-refractivity contribution is -0.120. The van der Waals surface area contributed by atoms with Crippen molar-refractivity contribution >= 4 is 21.6 Å². The molecule has 1 aromatic carbocycles. The van der Waals surface area contributed by atoms with E-state index in [1.54, 1.807) is 30.6 Å². The molecular weight excluding hydrogens is 338 g/mol. The van der Waals surface area contributed by atoms with Gasteiger partial charge in [-0.05, 0) is 49.6 Å². The van der Waals surface area contributed by atoms with Crippen molar-refractivity contribution in [2.45, 2.75) is 26.3 Å². The molecule has 2 rings (SSSR count). The second-order valence-corrected chi connectivity index (χ2v) is 8.05. The van der Waals surface area contributed by atoms with E-state index < -0.39 is 10.0 Å². The van der Waals surface area contributed by atoms with Gasteiger partial charge in [0.2, 0.25) is 15.9 Å². The summed E-state index contributed by atoms with van der Waals surface area (Å²) in [5.74, 6) is -0.344. The van der Waals surface area contributed by atoms with E-state index in [2.05, 4.69) is 10.3 Å². The topological polar surface area (TPSA) is 79.4 Å². The van der Waals surface area contributed by atoms with Crippen LogP contribution in [0.5, 0.6) is 0 Å². The van der Waals surface area contributed by atoms with Gasteiger partial charge in [0, 0.05) is 18.4 Å². The maximum Gasteiger partial charge on any atom is 0.240 e. The van der Waals surface area contributed by atoms with Crippen molar-refractivity contribution in [3.8, 4) is 0 Å². The highest BCUT2D eigenvalue weighted by Crippen LogP contribution is 2.18. The monoisotopic (exact) mass is 361 g/mol. The standard InChI is InChI=1S/C18H23N3O3S/c1-14-6-4-8-17(10-14)21(25(3,23)24)13-18(22)20-15(2)11-16-7-5-9-19-12-16/h4-10,12,15H,11,13H2,1-3H3,(H,20,22)/t15-/m1/s1. The minimum atomic E-state index is -3.56. The number of sulfonamides is 1. The van der Waals surface area contributed by atoms with Gasteiger partial charge in [0.1, 0.15) is 6.54 Å². The van der Waals surface area contributed by atoms with Crippen LogP contribution in [0, 0.1) is 6.92 Å². The average Bonchev–Trinajstić information content (AvgIpc) is 2.52. The van der Waals surface area contributed by atoms with Crippen molar-refractivity contribution in [1.82, 2.24) is 10.3 Å². The van der Waals surface area contributed by atoms with E-state index in [4.69, 9.17) is 0 Å². The zero-order chi connectivity index (χ0) is 18.4. The number of benzene rings is 1. The normalized spacial score (nSPS) is 12.4. The third kappa shape index (κ3) is 5.86. The van der Waals surface area contributed by atoms with E-state index in [-0.39, 0.29) is 18.5 Å². The predicted octanol–water partition coefficient (Wildman–Crippen LogP) is 1.90. The van der Waals surface area contributed by atoms with Gasteiger partial charge >= 0.3 is 0 Å². The Balaban J connectivity index is 2.05. The predicted molar refractivity (Wildman–Crippen MR) is 98.9 cm³/mol. The van der Waals surface area contributed by atoms with Crippen molar-refractivity contribution in [3.63, 3.8) is 0 Å². The maximum atomic E-state index is 12.3. The van der Waals surface area contributed by atoms with Crippen LogP contribution in [0.15, 0.2) is 48.8 Å². The number of hydrogen-bond donors (Lipinski definition) is 1. The zero-order valence-electron chi connectivity index (χ0n) is 14.6. The van der Waals surface area contributed by atoms with Gasteiger partial charge in [-0.3, -0.25) is 14.1 Å². The number of nitrogens with one attached hydrogen (secondary N) is 1. The fraction of sp³-hybridized carbons (Fsp3) is 0.333. The molecule has 0 unspecified atom stereocenters. The lowest BCUT2D eigenvalue weighted by atomic mass is 10.1. The van der Waals surface area contributed by atoms with E-state index in [0.29, 0.717) is 12.1 Å². The van der Waals surface area contributed by atoms with Gasteiger partial charge in [-0.25, -0.2) is 8.42 Å². The first-order valence-corrected chi connectivity index (χ1v) is 9.83. The molecule has 134 valence electrons. The Morgan fingerprint density at radius 2 is 2.04 bits per heavy atom. The van der Waals surface area contributed by atoms with Gasteiger partial charge in [-0.15, -0.1) is 0 Å². The Hall–Kier alpha value is -2.41. The molecule has 0 aliphatic carbocycles. The van der Waals surface area contributed by atoms with E-state index in [1.807, 2.05) is 32.0 Å². The molecule has 0 fully saturated rings. The number of aromatic nitrogens is 1. The van der Waals surface area contributed by atoms with E-state index in [0.717, 1.165) is 21.7 Å². The van der Waals surface area contributed by atoms with Crippen LogP contribution < -0.4 is 9.62 Å². The molecule has 6 nitrogen and oxygen atoms in total. The number of carbonyl (C=O) groups is 1. The number of hydrogen-bond acceptors (Lipinski definition) is 4. The quantitative estimate of drug-likeness (QED) is 0.817. The van der Waals surface area contributed by atoms with Crippen LogP contribution in [0.25, 0.3) is 0 Å². The Morgan fingerprint density at radius 3 is 2.64 bits per heavy atom. The summed E-state index contributed by atoms with van der Waals surface area (Å²) in [7, 11) is -3.56. The first-order valence-electron chi connectivity index (χ1n) is 7.98. The minimum absolute atomic E-state index is 0.129. The van der Waals surface area contributed by atoms with Crippen LogP contribution in [0.3, 0.4) is 0 Å². The molecule has 25 heavy (non-hydrogen) atoms. The van der Waals surface area contributed by atoms with Crippen molar-refractivity contribution in [3.05, 3.63) is 59.9 Å². The molecule has 0 aliphatic heterocycles. The molecular formula is C18H23N3O3S. The van der Waals surface area contributed by atoms with Crippen molar-refractivity contribution in [2.24, 2.45) is 0 Å². The Labute approximate surface area is 148 Å². The van der Waals surface area contributed by atoms with Crippen LogP contribution in [0.2, 0.25) is 0 Å². The van der Waals surface area contributed by atoms with Gasteiger partial charge < -0.3 is 5.32 Å². The first-order chi connectivity index (χ1) is 11.8. The van der Waals surface area contributed by atoms with Crippen molar-refractivity contribution in [1.29, 1.82) is 0 Å². The summed E-state index contributed by atoms with van der Waals surface area (Å²) in [6.07, 6.45) is 5.17. The summed E-state index contributed by atoms with van der Waals surface area (Å²) >= 11 is 0. The largest absolute Gasteiger partial charge is 0.352 e. The molecule has 2 aromatic rings. The molecule has 7 heteroatoms. The second-order valence-electron chi connectivity index (χ2n) is 6.14. The number of pyridine rings is 1. The Bertz CT molecular complexity index is 822. The molecule has 0 radical (unpaired) electrons. The number of amides is 1. The van der Waals surface area contributed by atoms with Gasteiger partial charge in [0.25, 0.3) is 0 Å². The third-order valence-corrected chi connectivity index (χ3v) is 4.79. The second kappa shape index (κ2) is 8.11. The van der Waals surface area contributed by atoms with Crippen molar-refractivity contribution in [2.75, 3.05) is 17.1 Å². The maximum absolute atomic E-state index is 12.3. The first kappa shape index (κ1) is 18.9. The summed E-state index contributed by atoms with van der Waals surface area (Å²) in [6, 6.07) is 10.7. The third-order valence-electron chi connectivity index (χ3n) is 3.65. The smallest absolute Gasteiger partial charge is 0.240 e. The van der Waals surface area contributed by atoms with Crippen LogP contribution in [-0.4, -0.2) is 38.2 Å². The van der Waals surface area contributed by atoms with Gasteiger partial charge in [0.15, 0.2) is 0 Å². The SMILES string of the molecule is Cc1cccc(N(CC(=O)N[C@H](C)Cc2cccnc2)S(C)(=O)=O)c1. The highest BCUT2D eigenvalue weighted by atomic mass is 32.2. The zero-order valence-corrected chi connectivity index (χ0v) is 15.5. The number of rotatable bonds is 7. The van der Waals surface area contributed by atoms with E-state index >= 15 is 0 Å². The molecule has 0 saturated heterocycles. The molecule has 0 saturated carbocycles. The van der Waals surface area contributed by atoms with Crippen LogP contribution in [0.4, 0.5) is 5.69 Å². The number of nitrogens with zero attached hydrogens (tertiary/aromatic N) is 2. The highest BCUT2D eigenvalue weighted by molar-refractivity contribution is 7.92. The van der Waals surface area contributed by atoms with Gasteiger partial charge in [0.05, 0.1) is 11.9 Å². The average molecular weight is 361 g/mol. The van der Waals surface area contributed by atoms with Crippen LogP contribution >= 0.6 is 0 Å². The van der Waals surface area contributed by atoms with E-state index in [1.165, 1.54) is 0 Å². The van der Waals surface area contributed by atoms with E-state index in [9.17, 15) is 13.2 Å². The molecule has 1 heterocycles. The fourth-order valence-electron chi connectivity index (χ4n) is 2.56. The Morgan fingerprint density at radius 1 is 1.28 bits per heavy atom. The number of carbonyl (C=O) groups excluding carboxylic acids is 1. The summed E-state index contributed by atoms with van der Waals surface area (Å²) in [6.45, 7) is 3.50. The Kier molecular flexibility index (Phi) is 6.14. The summed E-state index contributed by atoms with van der Waals surface area (Å²) in [5.41, 5.74) is 2.42. The lowest BCUT2D eigenvalue weighted by Gasteiger charge is -2.23.